The van der Waals surface area contributed by atoms with E-state index >= 15 is 4.39 Å². The van der Waals surface area contributed by atoms with E-state index in [0.717, 1.165) is 57.7 Å². The molecule has 0 aliphatic heterocycles. The highest BCUT2D eigenvalue weighted by Gasteiger charge is 2.35. The molecule has 69 heavy (non-hydrogen) atoms. The number of thiol groups is 1. The van der Waals surface area contributed by atoms with Gasteiger partial charge < -0.3 is 23.7 Å². The third-order valence-electron chi connectivity index (χ3n) is 12.8. The van der Waals surface area contributed by atoms with Crippen molar-refractivity contribution in [2.24, 2.45) is 11.3 Å². The Bertz CT molecular complexity index is 2290. The minimum atomic E-state index is -1.06. The maximum absolute atomic E-state index is 16.5. The summed E-state index contributed by atoms with van der Waals surface area (Å²) < 4.78 is 45.2. The topological polar surface area (TPSA) is 114 Å². The van der Waals surface area contributed by atoms with E-state index in [4.69, 9.17) is 23.7 Å². The summed E-state index contributed by atoms with van der Waals surface area (Å²) in [4.78, 5) is 49.7. The summed E-state index contributed by atoms with van der Waals surface area (Å²) in [6.45, 7) is 25.3. The fraction of sp³-hybridized carbons (Fsp3) is 0.483. The first-order valence-corrected chi connectivity index (χ1v) is 25.2. The second kappa shape index (κ2) is 27.7. The Morgan fingerprint density at radius 2 is 1.17 bits per heavy atom. The quantitative estimate of drug-likeness (QED) is 0.0250. The summed E-state index contributed by atoms with van der Waals surface area (Å²) >= 11 is 4.60. The van der Waals surface area contributed by atoms with E-state index in [1.54, 1.807) is 33.8 Å². The minimum absolute atomic E-state index is 0.0477. The third kappa shape index (κ3) is 16.9. The predicted octanol–water partition coefficient (Wildman–Crippen LogP) is 13.2. The minimum Gasteiger partial charge on any atom is -0.492 e. The van der Waals surface area contributed by atoms with Gasteiger partial charge in [-0.2, -0.15) is 12.6 Å². The van der Waals surface area contributed by atoms with Gasteiger partial charge in [-0.3, -0.25) is 0 Å². The highest BCUT2D eigenvalue weighted by atomic mass is 32.1. The van der Waals surface area contributed by atoms with E-state index in [1.165, 1.54) is 38.5 Å². The highest BCUT2D eigenvalue weighted by Crippen LogP contribution is 2.41. The van der Waals surface area contributed by atoms with Crippen molar-refractivity contribution in [2.75, 3.05) is 38.8 Å². The van der Waals surface area contributed by atoms with Crippen LogP contribution < -0.4 is 4.74 Å². The van der Waals surface area contributed by atoms with Gasteiger partial charge in [0.1, 0.15) is 31.4 Å². The second-order valence-electron chi connectivity index (χ2n) is 19.0. The number of benzene rings is 3. The number of ether oxygens (including phenoxy) is 5. The first-order valence-electron chi connectivity index (χ1n) is 24.5. The number of halogens is 1. The lowest BCUT2D eigenvalue weighted by Gasteiger charge is -2.31. The monoisotopic (exact) mass is 967 g/mol. The molecule has 1 saturated carbocycles. The van der Waals surface area contributed by atoms with E-state index in [0.29, 0.717) is 60.5 Å². The number of esters is 4. The molecule has 0 N–H and O–H groups in total. The Morgan fingerprint density at radius 3 is 1.70 bits per heavy atom. The number of hydrogen-bond donors (Lipinski definition) is 1. The van der Waals surface area contributed by atoms with Crippen molar-refractivity contribution >= 4 is 36.5 Å². The molecule has 9 nitrogen and oxygen atoms in total. The third-order valence-corrected chi connectivity index (χ3v) is 13.5. The van der Waals surface area contributed by atoms with Gasteiger partial charge in [0, 0.05) is 33.6 Å². The van der Waals surface area contributed by atoms with E-state index in [9.17, 15) is 19.2 Å². The normalized spacial score (nSPS) is 14.6. The summed E-state index contributed by atoms with van der Waals surface area (Å²) in [5.41, 5.74) is 6.94. The molecule has 0 bridgehead atoms. The average Bonchev–Trinajstić information content (AvgIpc) is 3.33. The number of carbonyl (C=O) groups excluding carboxylic acids is 4. The first-order chi connectivity index (χ1) is 32.9. The van der Waals surface area contributed by atoms with Crippen LogP contribution in [0.1, 0.15) is 134 Å². The lowest BCUT2D eigenvalue weighted by atomic mass is 9.76. The Labute approximate surface area is 416 Å². The molecule has 3 aromatic carbocycles. The molecule has 1 aliphatic carbocycles. The van der Waals surface area contributed by atoms with Crippen LogP contribution in [0.25, 0.3) is 22.3 Å². The fourth-order valence-electron chi connectivity index (χ4n) is 8.54. The molecule has 0 spiro atoms. The lowest BCUT2D eigenvalue weighted by Crippen LogP contribution is -2.41. The Kier molecular flexibility index (Phi) is 22.5. The van der Waals surface area contributed by atoms with Crippen LogP contribution in [0.5, 0.6) is 5.75 Å². The highest BCUT2D eigenvalue weighted by molar-refractivity contribution is 7.80. The first kappa shape index (κ1) is 56.2. The lowest BCUT2D eigenvalue weighted by molar-refractivity contribution is -0.149. The van der Waals surface area contributed by atoms with E-state index in [2.05, 4.69) is 71.0 Å². The van der Waals surface area contributed by atoms with Gasteiger partial charge in [0.05, 0.1) is 18.6 Å². The Balaban J connectivity index is 1.76. The summed E-state index contributed by atoms with van der Waals surface area (Å²) in [5, 5.41) is 0. The number of aryl methyl sites for hydroxylation is 3. The van der Waals surface area contributed by atoms with Crippen LogP contribution in [-0.2, 0) is 57.4 Å². The van der Waals surface area contributed by atoms with Crippen LogP contribution in [0.4, 0.5) is 4.39 Å². The van der Waals surface area contributed by atoms with Gasteiger partial charge in [-0.15, -0.1) is 0 Å². The summed E-state index contributed by atoms with van der Waals surface area (Å²) in [7, 11) is 0. The van der Waals surface area contributed by atoms with Crippen molar-refractivity contribution < 1.29 is 47.3 Å². The fourth-order valence-corrected chi connectivity index (χ4v) is 8.81. The molecular weight excluding hydrogens is 892 g/mol. The second-order valence-corrected chi connectivity index (χ2v) is 19.3. The molecular formula is C58H75FO9S. The molecule has 1 fully saturated rings. The van der Waals surface area contributed by atoms with Gasteiger partial charge in [0.15, 0.2) is 0 Å². The Morgan fingerprint density at radius 1 is 0.623 bits per heavy atom. The standard InChI is InChI=1S/C58H75FO9S/c1-11-13-14-17-42-20-22-44(23-21-42)45-24-26-49(52(59)33-45)51-32-46(18-15-28-64-54(60)38(3)4)50(31-43(51)12-2)47-25-27-53(48(30-47)19-16-29-65-55(61)39(5)6)66-34-58(37-69,35-67-56(62)40(7)8)36-68-57(63)41(9)10/h24-27,30-33,42,44,69H,3,5,7,9,11-23,28-29,34-37H2,1-2,4,6,8,10H3. The number of carbonyl (C=O) groups is 4. The molecule has 0 saturated heterocycles. The molecule has 0 amide bonds. The SMILES string of the molecule is C=C(C)C(=O)OCCCc1cc(-c2cc(CC)c(-c3ccc(C4CCC(CCCCC)CC4)cc3F)cc2CCCOC(=O)C(=C)C)ccc1OCC(CS)(COC(=O)C(=C)C)COC(=O)C(=C)C. The molecule has 1 aliphatic rings. The van der Waals surface area contributed by atoms with Crippen LogP contribution in [0, 0.1) is 17.2 Å². The zero-order valence-electron chi connectivity index (χ0n) is 42.0. The van der Waals surface area contributed by atoms with Crippen molar-refractivity contribution in [1.82, 2.24) is 0 Å². The smallest absolute Gasteiger partial charge is 0.333 e. The molecule has 0 atom stereocenters. The predicted molar refractivity (Wildman–Crippen MR) is 277 cm³/mol. The number of unbranched alkanes of at least 4 members (excludes halogenated alkanes) is 2. The van der Waals surface area contributed by atoms with E-state index in [-0.39, 0.29) is 55.8 Å². The number of hydrogen-bond acceptors (Lipinski definition) is 10. The zero-order chi connectivity index (χ0) is 50.7. The van der Waals surface area contributed by atoms with Crippen LogP contribution in [0.3, 0.4) is 0 Å². The van der Waals surface area contributed by atoms with Crippen molar-refractivity contribution in [1.29, 1.82) is 0 Å². The average molecular weight is 967 g/mol. The van der Waals surface area contributed by atoms with E-state index < -0.39 is 29.3 Å². The largest absolute Gasteiger partial charge is 0.492 e. The van der Waals surface area contributed by atoms with Crippen LogP contribution in [-0.4, -0.2) is 62.7 Å². The molecule has 0 heterocycles. The van der Waals surface area contributed by atoms with Gasteiger partial charge in [0.2, 0.25) is 0 Å². The summed E-state index contributed by atoms with van der Waals surface area (Å²) in [6.07, 6.45) is 12.2. The molecule has 0 radical (unpaired) electrons. The summed E-state index contributed by atoms with van der Waals surface area (Å²) in [5.74, 6) is -0.612. The Hall–Kier alpha value is -5.42. The molecule has 4 rings (SSSR count). The van der Waals surface area contributed by atoms with Crippen LogP contribution in [0.2, 0.25) is 0 Å². The van der Waals surface area contributed by atoms with E-state index in [1.807, 2.05) is 24.3 Å². The molecule has 374 valence electrons. The zero-order valence-corrected chi connectivity index (χ0v) is 42.9. The van der Waals surface area contributed by atoms with Gasteiger partial charge in [-0.25, -0.2) is 23.6 Å². The molecule has 0 aromatic heterocycles. The molecule has 3 aromatic rings. The van der Waals surface area contributed by atoms with Gasteiger partial charge in [-0.1, -0.05) is 96.2 Å². The van der Waals surface area contributed by atoms with Crippen LogP contribution in [0.15, 0.2) is 97.1 Å². The molecule has 0 unspecified atom stereocenters. The summed E-state index contributed by atoms with van der Waals surface area (Å²) in [6, 6.07) is 15.9. The maximum atomic E-state index is 16.5. The van der Waals surface area contributed by atoms with Crippen LogP contribution >= 0.6 is 12.6 Å². The maximum Gasteiger partial charge on any atom is 0.333 e. The van der Waals surface area contributed by atoms with Crippen molar-refractivity contribution in [3.05, 3.63) is 125 Å². The van der Waals surface area contributed by atoms with Crippen molar-refractivity contribution in [2.45, 2.75) is 131 Å². The number of rotatable bonds is 28. The molecule has 11 heteroatoms. The van der Waals surface area contributed by atoms with Crippen molar-refractivity contribution in [3.63, 3.8) is 0 Å². The van der Waals surface area contributed by atoms with Gasteiger partial charge >= 0.3 is 23.9 Å². The van der Waals surface area contributed by atoms with Gasteiger partial charge in [-0.05, 0) is 154 Å². The van der Waals surface area contributed by atoms with Crippen molar-refractivity contribution in [3.8, 4) is 28.0 Å². The van der Waals surface area contributed by atoms with Gasteiger partial charge in [0.25, 0.3) is 0 Å².